The van der Waals surface area contributed by atoms with Crippen molar-refractivity contribution >= 4 is 0 Å². The lowest BCUT2D eigenvalue weighted by atomic mass is 10.3. The smallest absolute Gasteiger partial charge is 0.160 e. The minimum absolute atomic E-state index is 0.451. The normalized spacial score (nSPS) is 12.8. The van der Waals surface area contributed by atoms with Gasteiger partial charge in [0.05, 0.1) is 44.4 Å². The predicted molar refractivity (Wildman–Crippen MR) is 82.1 cm³/mol. The first-order chi connectivity index (χ1) is 11.3. The molecular weight excluding hydrogens is 294 g/mol. The fourth-order valence-corrected chi connectivity index (χ4v) is 1.89. The summed E-state index contributed by atoms with van der Waals surface area (Å²) in [7, 11) is 0. The molecule has 122 valence electrons. The van der Waals surface area contributed by atoms with Crippen molar-refractivity contribution in [2.45, 2.75) is 44.9 Å². The number of hydrogen-bond acceptors (Lipinski definition) is 6. The quantitative estimate of drug-likeness (QED) is 0.511. The predicted octanol–water partition coefficient (Wildman–Crippen LogP) is 3.45. The van der Waals surface area contributed by atoms with Crippen LogP contribution in [0.15, 0.2) is 23.4 Å². The van der Waals surface area contributed by atoms with Gasteiger partial charge >= 0.3 is 0 Å². The lowest BCUT2D eigenvalue weighted by Crippen LogP contribution is -2.00. The maximum atomic E-state index is 8.54. The Morgan fingerprint density at radius 3 is 1.87 bits per heavy atom. The van der Waals surface area contributed by atoms with E-state index in [0.717, 1.165) is 5.76 Å². The van der Waals surface area contributed by atoms with E-state index < -0.39 is 0 Å². The molecule has 0 aromatic rings. The van der Waals surface area contributed by atoms with E-state index in [4.69, 9.17) is 30.0 Å². The van der Waals surface area contributed by atoms with Crippen LogP contribution in [0.25, 0.3) is 0 Å². The highest BCUT2D eigenvalue weighted by atomic mass is 16.5. The molecule has 0 unspecified atom stereocenters. The fraction of sp³-hybridized carbons (Fsp3) is 0.588. The molecule has 6 nitrogen and oxygen atoms in total. The van der Waals surface area contributed by atoms with Crippen molar-refractivity contribution in [1.29, 1.82) is 15.8 Å². The number of rotatable bonds is 12. The highest BCUT2D eigenvalue weighted by Crippen LogP contribution is 2.28. The van der Waals surface area contributed by atoms with E-state index in [0.29, 0.717) is 76.3 Å². The highest BCUT2D eigenvalue weighted by molar-refractivity contribution is 5.29. The molecule has 6 heteroatoms. The third-order valence-electron chi connectivity index (χ3n) is 3.02. The molecule has 0 N–H and O–H groups in total. The summed E-state index contributed by atoms with van der Waals surface area (Å²) in [4.78, 5) is 0. The van der Waals surface area contributed by atoms with E-state index in [2.05, 4.69) is 18.2 Å². The van der Waals surface area contributed by atoms with Crippen LogP contribution in [0.1, 0.15) is 44.9 Å². The van der Waals surface area contributed by atoms with Crippen LogP contribution in [-0.4, -0.2) is 19.8 Å². The van der Waals surface area contributed by atoms with Gasteiger partial charge in [0.1, 0.15) is 11.5 Å². The third kappa shape index (κ3) is 7.79. The second-order valence-corrected chi connectivity index (χ2v) is 4.91. The van der Waals surface area contributed by atoms with Crippen LogP contribution < -0.4 is 0 Å². The van der Waals surface area contributed by atoms with Crippen molar-refractivity contribution in [3.8, 4) is 18.2 Å². The molecule has 0 amide bonds. The van der Waals surface area contributed by atoms with Gasteiger partial charge in [0.2, 0.25) is 0 Å². The Balaban J connectivity index is 2.46. The van der Waals surface area contributed by atoms with Gasteiger partial charge in [-0.3, -0.25) is 0 Å². The van der Waals surface area contributed by atoms with Gasteiger partial charge in [0.25, 0.3) is 0 Å². The Morgan fingerprint density at radius 1 is 0.783 bits per heavy atom. The van der Waals surface area contributed by atoms with Crippen LogP contribution in [0.3, 0.4) is 0 Å². The van der Waals surface area contributed by atoms with E-state index in [9.17, 15) is 0 Å². The minimum Gasteiger partial charge on any atom is -0.497 e. The van der Waals surface area contributed by atoms with Crippen LogP contribution in [0.4, 0.5) is 0 Å². The molecule has 0 aromatic heterocycles. The summed E-state index contributed by atoms with van der Waals surface area (Å²) < 4.78 is 17.0. The molecule has 1 aliphatic rings. The fourth-order valence-electron chi connectivity index (χ4n) is 1.89. The second kappa shape index (κ2) is 12.0. The molecule has 1 rings (SSSR count). The number of nitrogens with zero attached hydrogens (tertiary/aromatic N) is 3. The van der Waals surface area contributed by atoms with Crippen LogP contribution in [0.2, 0.25) is 0 Å². The first kappa shape index (κ1) is 18.4. The number of allylic oxidation sites excluding steroid dienone is 1. The van der Waals surface area contributed by atoms with Gasteiger partial charge in [0.15, 0.2) is 5.76 Å². The standard InChI is InChI=1S/C17H21N3O3/c18-7-1-4-10-21-15-13-16(22-11-5-2-8-19)17(14-15)23-12-6-3-9-20/h13H,1-6,10-12,14H2. The average Bonchev–Trinajstić information content (AvgIpc) is 2.94. The summed E-state index contributed by atoms with van der Waals surface area (Å²) in [5, 5.41) is 25.6. The summed E-state index contributed by atoms with van der Waals surface area (Å²) >= 11 is 0. The molecular formula is C17H21N3O3. The monoisotopic (exact) mass is 315 g/mol. The third-order valence-corrected chi connectivity index (χ3v) is 3.02. The topological polar surface area (TPSA) is 99.1 Å². The molecule has 0 atom stereocenters. The Labute approximate surface area is 137 Å². The van der Waals surface area contributed by atoms with Crippen LogP contribution in [-0.2, 0) is 14.2 Å². The van der Waals surface area contributed by atoms with Crippen molar-refractivity contribution in [3.05, 3.63) is 23.4 Å². The molecule has 0 aromatic carbocycles. The Kier molecular flexibility index (Phi) is 9.56. The van der Waals surface area contributed by atoms with Crippen LogP contribution in [0.5, 0.6) is 0 Å². The zero-order chi connectivity index (χ0) is 16.8. The zero-order valence-electron chi connectivity index (χ0n) is 13.2. The summed E-state index contributed by atoms with van der Waals surface area (Å²) in [6.07, 6.45) is 5.71. The zero-order valence-corrected chi connectivity index (χ0v) is 13.2. The molecule has 1 aliphatic carbocycles. The highest BCUT2D eigenvalue weighted by Gasteiger charge is 2.20. The summed E-state index contributed by atoms with van der Waals surface area (Å²) in [5.74, 6) is 2.10. The second-order valence-electron chi connectivity index (χ2n) is 4.91. The molecule has 0 aliphatic heterocycles. The van der Waals surface area contributed by atoms with Gasteiger partial charge in [-0.05, 0) is 19.3 Å². The summed E-state index contributed by atoms with van der Waals surface area (Å²) in [6, 6.07) is 6.23. The Bertz CT molecular complexity index is 547. The first-order valence-corrected chi connectivity index (χ1v) is 7.74. The molecule has 0 spiro atoms. The molecule has 0 fully saturated rings. The molecule has 0 radical (unpaired) electrons. The maximum Gasteiger partial charge on any atom is 0.160 e. The van der Waals surface area contributed by atoms with Crippen molar-refractivity contribution in [3.63, 3.8) is 0 Å². The van der Waals surface area contributed by atoms with Crippen LogP contribution >= 0.6 is 0 Å². The molecule has 0 heterocycles. The lowest BCUT2D eigenvalue weighted by molar-refractivity contribution is 0.152. The van der Waals surface area contributed by atoms with Crippen molar-refractivity contribution in [2.24, 2.45) is 0 Å². The van der Waals surface area contributed by atoms with Gasteiger partial charge in [-0.2, -0.15) is 15.8 Å². The molecule has 23 heavy (non-hydrogen) atoms. The van der Waals surface area contributed by atoms with Crippen molar-refractivity contribution in [1.82, 2.24) is 0 Å². The van der Waals surface area contributed by atoms with Gasteiger partial charge < -0.3 is 14.2 Å². The van der Waals surface area contributed by atoms with Gasteiger partial charge in [0, 0.05) is 25.3 Å². The Morgan fingerprint density at radius 2 is 1.30 bits per heavy atom. The maximum absolute atomic E-state index is 8.54. The van der Waals surface area contributed by atoms with Gasteiger partial charge in [-0.15, -0.1) is 0 Å². The molecule has 0 saturated carbocycles. The van der Waals surface area contributed by atoms with E-state index in [1.807, 2.05) is 0 Å². The van der Waals surface area contributed by atoms with Gasteiger partial charge in [-0.25, -0.2) is 0 Å². The van der Waals surface area contributed by atoms with Crippen molar-refractivity contribution < 1.29 is 14.2 Å². The SMILES string of the molecule is N#CCCCOC1=CC(OCCCC#N)=C(OCCCC#N)C1. The van der Waals surface area contributed by atoms with Crippen molar-refractivity contribution in [2.75, 3.05) is 19.8 Å². The van der Waals surface area contributed by atoms with E-state index in [-0.39, 0.29) is 0 Å². The van der Waals surface area contributed by atoms with E-state index in [1.165, 1.54) is 0 Å². The number of hydrogen-bond donors (Lipinski definition) is 0. The minimum atomic E-state index is 0.451. The largest absolute Gasteiger partial charge is 0.497 e. The lowest BCUT2D eigenvalue weighted by Gasteiger charge is -2.10. The summed E-state index contributed by atoms with van der Waals surface area (Å²) in [6.45, 7) is 1.40. The van der Waals surface area contributed by atoms with E-state index >= 15 is 0 Å². The number of nitriles is 3. The van der Waals surface area contributed by atoms with Crippen LogP contribution in [0, 0.1) is 34.0 Å². The first-order valence-electron chi connectivity index (χ1n) is 7.74. The van der Waals surface area contributed by atoms with Gasteiger partial charge in [-0.1, -0.05) is 0 Å². The number of ether oxygens (including phenoxy) is 3. The molecule has 0 bridgehead atoms. The molecule has 0 saturated heterocycles. The number of unbranched alkanes of at least 4 members (excludes halogenated alkanes) is 3. The Hall–Kier alpha value is -2.65. The average molecular weight is 315 g/mol. The summed E-state index contributed by atoms with van der Waals surface area (Å²) in [5.41, 5.74) is 0. The van der Waals surface area contributed by atoms with E-state index in [1.54, 1.807) is 6.08 Å².